The van der Waals surface area contributed by atoms with Crippen molar-refractivity contribution in [2.75, 3.05) is 25.7 Å². The highest BCUT2D eigenvalue weighted by molar-refractivity contribution is 7.86. The maximum Gasteiger partial charge on any atom is 0.268 e. The maximum atomic E-state index is 11.5. The summed E-state index contributed by atoms with van der Waals surface area (Å²) in [6, 6.07) is 9.53. The number of para-hydroxylation sites is 1. The minimum absolute atomic E-state index is 0. The van der Waals surface area contributed by atoms with Gasteiger partial charge in [-0.1, -0.05) is 18.2 Å². The van der Waals surface area contributed by atoms with Crippen LogP contribution in [0.1, 0.15) is 17.5 Å². The summed E-state index contributed by atoms with van der Waals surface area (Å²) in [5, 5.41) is 10.3. The number of phenols is 1. The molecule has 0 radical (unpaired) electrons. The SMILES string of the molecule is COc1cc(CCCS(=O)(=O)O)ccc1OC(Cc1cccc(OC)c1O)CS(=O)(=O)O.O. The predicted molar refractivity (Wildman–Crippen MR) is 121 cm³/mol. The molecule has 1 atom stereocenters. The molecule has 0 aliphatic heterocycles. The van der Waals surface area contributed by atoms with E-state index in [1.807, 2.05) is 0 Å². The number of hydrogen-bond acceptors (Lipinski definition) is 8. The molecule has 0 amide bonds. The molecule has 0 saturated heterocycles. The van der Waals surface area contributed by atoms with Gasteiger partial charge in [-0.3, -0.25) is 9.11 Å². The van der Waals surface area contributed by atoms with Crippen LogP contribution in [0.3, 0.4) is 0 Å². The molecule has 186 valence electrons. The monoisotopic (exact) mass is 508 g/mol. The van der Waals surface area contributed by atoms with E-state index in [1.54, 1.807) is 30.3 Å². The Labute approximate surface area is 192 Å². The molecule has 5 N–H and O–H groups in total. The third-order valence-corrected chi connectivity index (χ3v) is 6.13. The van der Waals surface area contributed by atoms with Crippen LogP contribution in [0.25, 0.3) is 0 Å². The molecule has 33 heavy (non-hydrogen) atoms. The largest absolute Gasteiger partial charge is 0.504 e. The minimum atomic E-state index is -4.41. The molecule has 0 saturated carbocycles. The van der Waals surface area contributed by atoms with Crippen LogP contribution in [0.4, 0.5) is 0 Å². The van der Waals surface area contributed by atoms with Gasteiger partial charge in [-0.15, -0.1) is 0 Å². The Balaban J connectivity index is 0.00000544. The lowest BCUT2D eigenvalue weighted by molar-refractivity contribution is 0.210. The lowest BCUT2D eigenvalue weighted by atomic mass is 10.1. The third-order valence-electron chi connectivity index (χ3n) is 4.54. The summed E-state index contributed by atoms with van der Waals surface area (Å²) in [5.41, 5.74) is 1.08. The summed E-state index contributed by atoms with van der Waals surface area (Å²) in [6.07, 6.45) is -0.574. The van der Waals surface area contributed by atoms with E-state index >= 15 is 0 Å². The van der Waals surface area contributed by atoms with Crippen LogP contribution >= 0.6 is 0 Å². The van der Waals surface area contributed by atoms with Gasteiger partial charge in [0.05, 0.1) is 20.0 Å². The summed E-state index contributed by atoms with van der Waals surface area (Å²) < 4.78 is 79.1. The Morgan fingerprint density at radius 1 is 0.909 bits per heavy atom. The zero-order chi connectivity index (χ0) is 23.9. The van der Waals surface area contributed by atoms with Crippen LogP contribution in [-0.2, 0) is 33.1 Å². The van der Waals surface area contributed by atoms with E-state index < -0.39 is 32.1 Å². The Morgan fingerprint density at radius 3 is 2.15 bits per heavy atom. The number of aromatic hydroxyl groups is 1. The Hall–Kier alpha value is -2.58. The van der Waals surface area contributed by atoms with E-state index in [0.717, 1.165) is 5.56 Å². The molecule has 0 spiro atoms. The number of benzene rings is 2. The highest BCUT2D eigenvalue weighted by Gasteiger charge is 2.23. The van der Waals surface area contributed by atoms with E-state index in [9.17, 15) is 26.5 Å². The fourth-order valence-electron chi connectivity index (χ4n) is 3.12. The number of hydrogen-bond donors (Lipinski definition) is 3. The zero-order valence-corrected chi connectivity index (χ0v) is 19.7. The van der Waals surface area contributed by atoms with E-state index in [1.165, 1.54) is 20.3 Å². The van der Waals surface area contributed by atoms with Crippen LogP contribution in [-0.4, -0.2) is 68.4 Å². The molecule has 2 aromatic carbocycles. The first-order valence-electron chi connectivity index (χ1n) is 9.50. The maximum absolute atomic E-state index is 11.5. The lowest BCUT2D eigenvalue weighted by Gasteiger charge is -2.21. The van der Waals surface area contributed by atoms with Crippen molar-refractivity contribution in [1.82, 2.24) is 0 Å². The van der Waals surface area contributed by atoms with E-state index in [-0.39, 0.29) is 47.1 Å². The van der Waals surface area contributed by atoms with Crippen LogP contribution in [0.15, 0.2) is 36.4 Å². The second-order valence-electron chi connectivity index (χ2n) is 7.04. The highest BCUT2D eigenvalue weighted by Crippen LogP contribution is 2.33. The van der Waals surface area contributed by atoms with Gasteiger partial charge in [-0.25, -0.2) is 0 Å². The van der Waals surface area contributed by atoms with Crippen molar-refractivity contribution in [2.45, 2.75) is 25.4 Å². The normalized spacial score (nSPS) is 12.5. The second-order valence-corrected chi connectivity index (χ2v) is 10.1. The van der Waals surface area contributed by atoms with Gasteiger partial charge in [0.25, 0.3) is 20.2 Å². The van der Waals surface area contributed by atoms with Gasteiger partial charge in [0.1, 0.15) is 11.9 Å². The van der Waals surface area contributed by atoms with E-state index in [0.29, 0.717) is 12.0 Å². The zero-order valence-electron chi connectivity index (χ0n) is 18.1. The fraction of sp³-hybridized carbons (Fsp3) is 0.400. The first-order valence-corrected chi connectivity index (χ1v) is 12.7. The standard InChI is InChI=1S/C20H26O10S2.H2O/c1-28-18-7-3-6-15(20(18)21)12-16(13-32(25,26)27)30-17-9-8-14(11-19(17)29-2)5-4-10-31(22,23)24;/h3,6-9,11,16,21H,4-5,10,12-13H2,1-2H3,(H,22,23,24)(H,25,26,27);1H2. The van der Waals surface area contributed by atoms with Crippen molar-refractivity contribution in [3.8, 4) is 23.0 Å². The van der Waals surface area contributed by atoms with Crippen LogP contribution in [0.2, 0.25) is 0 Å². The van der Waals surface area contributed by atoms with Crippen LogP contribution in [0.5, 0.6) is 23.0 Å². The summed E-state index contributed by atoms with van der Waals surface area (Å²) in [5.74, 6) is -0.608. The summed E-state index contributed by atoms with van der Waals surface area (Å²) in [7, 11) is -5.69. The molecule has 0 aliphatic carbocycles. The smallest absolute Gasteiger partial charge is 0.268 e. The van der Waals surface area contributed by atoms with Gasteiger partial charge in [0, 0.05) is 12.0 Å². The van der Waals surface area contributed by atoms with Crippen LogP contribution < -0.4 is 14.2 Å². The van der Waals surface area contributed by atoms with E-state index in [4.69, 9.17) is 18.8 Å². The molecule has 2 rings (SSSR count). The van der Waals surface area contributed by atoms with Gasteiger partial charge in [-0.05, 0) is 36.6 Å². The van der Waals surface area contributed by atoms with Crippen molar-refractivity contribution in [2.24, 2.45) is 0 Å². The molecule has 0 bridgehead atoms. The number of methoxy groups -OCH3 is 2. The second kappa shape index (κ2) is 12.0. The Morgan fingerprint density at radius 2 is 1.58 bits per heavy atom. The van der Waals surface area contributed by atoms with Crippen LogP contribution in [0, 0.1) is 0 Å². The van der Waals surface area contributed by atoms with Crippen molar-refractivity contribution < 1.29 is 50.7 Å². The molecule has 0 aromatic heterocycles. The Bertz CT molecular complexity index is 1130. The number of aryl methyl sites for hydroxylation is 1. The van der Waals surface area contributed by atoms with Crippen molar-refractivity contribution >= 4 is 20.2 Å². The molecule has 11 nitrogen and oxygen atoms in total. The van der Waals surface area contributed by atoms with Gasteiger partial charge < -0.3 is 24.8 Å². The number of phenolic OH excluding ortho intramolecular Hbond substituents is 1. The average Bonchev–Trinajstić information content (AvgIpc) is 2.68. The summed E-state index contributed by atoms with van der Waals surface area (Å²) >= 11 is 0. The number of ether oxygens (including phenoxy) is 3. The van der Waals surface area contributed by atoms with Gasteiger partial charge >= 0.3 is 0 Å². The first kappa shape index (κ1) is 28.5. The molecule has 13 heteroatoms. The Kier molecular flexibility index (Phi) is 10.4. The first-order chi connectivity index (χ1) is 14.9. The van der Waals surface area contributed by atoms with Crippen molar-refractivity contribution in [3.63, 3.8) is 0 Å². The predicted octanol–water partition coefficient (Wildman–Crippen LogP) is 1.28. The summed E-state index contributed by atoms with van der Waals surface area (Å²) in [6.45, 7) is 0. The van der Waals surface area contributed by atoms with Gasteiger partial charge in [0.15, 0.2) is 23.0 Å². The third kappa shape index (κ3) is 9.43. The van der Waals surface area contributed by atoms with Gasteiger partial charge in [-0.2, -0.15) is 16.8 Å². The topological polar surface area (TPSA) is 188 Å². The number of rotatable bonds is 12. The fourth-order valence-corrected chi connectivity index (χ4v) is 4.28. The highest BCUT2D eigenvalue weighted by atomic mass is 32.2. The molecule has 0 aliphatic rings. The average molecular weight is 509 g/mol. The molecule has 0 fully saturated rings. The minimum Gasteiger partial charge on any atom is -0.504 e. The van der Waals surface area contributed by atoms with E-state index in [2.05, 4.69) is 0 Å². The lowest BCUT2D eigenvalue weighted by Crippen LogP contribution is -2.29. The molecule has 0 heterocycles. The van der Waals surface area contributed by atoms with Crippen molar-refractivity contribution in [3.05, 3.63) is 47.5 Å². The molecule has 2 aromatic rings. The van der Waals surface area contributed by atoms with Gasteiger partial charge in [0.2, 0.25) is 0 Å². The summed E-state index contributed by atoms with van der Waals surface area (Å²) in [4.78, 5) is 0. The molecule has 1 unspecified atom stereocenters. The quantitative estimate of drug-likeness (QED) is 0.352. The van der Waals surface area contributed by atoms with Crippen molar-refractivity contribution in [1.29, 1.82) is 0 Å². The molecular formula is C20H28O11S2. The molecular weight excluding hydrogens is 480 g/mol.